The van der Waals surface area contributed by atoms with E-state index in [1.165, 1.54) is 0 Å². The predicted octanol–water partition coefficient (Wildman–Crippen LogP) is -0.840. The summed E-state index contributed by atoms with van der Waals surface area (Å²) < 4.78 is 0. The van der Waals surface area contributed by atoms with E-state index in [1.54, 1.807) is 0 Å². The van der Waals surface area contributed by atoms with Crippen molar-refractivity contribution in [3.63, 3.8) is 0 Å². The fraction of sp³-hybridized carbons (Fsp3) is 1.00. The van der Waals surface area contributed by atoms with Crippen LogP contribution in [-0.2, 0) is 9.88 Å². The highest BCUT2D eigenvalue weighted by molar-refractivity contribution is 7.42. The minimum absolute atomic E-state index is 0.614. The van der Waals surface area contributed by atoms with E-state index in [4.69, 9.17) is 9.79 Å². The second-order valence-corrected chi connectivity index (χ2v) is 2.43. The van der Waals surface area contributed by atoms with Crippen molar-refractivity contribution < 1.29 is 19.7 Å². The van der Waals surface area contributed by atoms with Gasteiger partial charge in [0.25, 0.3) is 0 Å². The van der Waals surface area contributed by atoms with Gasteiger partial charge < -0.3 is 9.79 Å². The second kappa shape index (κ2) is 6.74. The molecule has 1 atom stereocenters. The van der Waals surface area contributed by atoms with Crippen LogP contribution < -0.4 is 10.8 Å². The molecule has 1 aliphatic rings. The van der Waals surface area contributed by atoms with Gasteiger partial charge in [0, 0.05) is 8.73 Å². The van der Waals surface area contributed by atoms with Crippen molar-refractivity contribution in [1.29, 1.82) is 0 Å². The molecular weight excluding hydrogens is 166 g/mol. The van der Waals surface area contributed by atoms with Gasteiger partial charge in [-0.05, 0) is 0 Å². The second-order valence-electron chi connectivity index (χ2n) is 0.945. The fourth-order valence-electron chi connectivity index (χ4n) is 0.147. The highest BCUT2D eigenvalue weighted by atomic mass is 31.2. The Hall–Kier alpha value is 0.620. The molecule has 0 spiro atoms. The van der Waals surface area contributed by atoms with Gasteiger partial charge >= 0.3 is 0 Å². The zero-order chi connectivity index (χ0) is 7.11. The molecule has 1 unspecified atom stereocenters. The Morgan fingerprint density at radius 1 is 1.67 bits per heavy atom. The first-order valence-electron chi connectivity index (χ1n) is 1.92. The highest BCUT2D eigenvalue weighted by Crippen LogP contribution is 2.08. The van der Waals surface area contributed by atoms with E-state index in [-0.39, 0.29) is 0 Å². The molecule has 0 aliphatic carbocycles. The number of hydrogen-bond donors (Lipinski definition) is 4. The van der Waals surface area contributed by atoms with Crippen molar-refractivity contribution in [2.75, 3.05) is 6.35 Å². The molecular formula is CH8N2O4P2. The van der Waals surface area contributed by atoms with Crippen molar-refractivity contribution in [1.82, 2.24) is 5.25 Å². The van der Waals surface area contributed by atoms with Crippen molar-refractivity contribution in [3.8, 4) is 0 Å². The van der Waals surface area contributed by atoms with Crippen molar-refractivity contribution >= 4 is 17.3 Å². The minimum atomic E-state index is -2.12. The summed E-state index contributed by atoms with van der Waals surface area (Å²) in [6, 6.07) is 0. The normalized spacial score (nSPS) is 20.0. The van der Waals surface area contributed by atoms with Crippen molar-refractivity contribution in [2.45, 2.75) is 0 Å². The quantitative estimate of drug-likeness (QED) is 0.282. The monoisotopic (exact) mass is 174 g/mol. The van der Waals surface area contributed by atoms with Crippen LogP contribution in [0, 0.1) is 0 Å². The highest BCUT2D eigenvalue weighted by Gasteiger charge is 1.94. The summed E-state index contributed by atoms with van der Waals surface area (Å²) in [6.45, 7) is 0. The zero-order valence-electron chi connectivity index (χ0n) is 4.44. The standard InChI is InChI=1S/CH4NO2P.H4NO2P/c1-3-4-2-5-1;1-4(2)3/h2,5H,1H2;2-3H,1H2. The van der Waals surface area contributed by atoms with Crippen LogP contribution in [0.15, 0.2) is 0 Å². The van der Waals surface area contributed by atoms with Gasteiger partial charge in [0.2, 0.25) is 8.53 Å². The van der Waals surface area contributed by atoms with Gasteiger partial charge in [0.15, 0.2) is 0 Å². The van der Waals surface area contributed by atoms with Crippen LogP contribution in [0.5, 0.6) is 0 Å². The van der Waals surface area contributed by atoms with E-state index in [9.17, 15) is 0 Å². The molecule has 56 valence electrons. The lowest BCUT2D eigenvalue weighted by Gasteiger charge is -1.79. The largest absolute Gasteiger partial charge is 0.338 e. The summed E-state index contributed by atoms with van der Waals surface area (Å²) in [7, 11) is -1.51. The van der Waals surface area contributed by atoms with Crippen LogP contribution in [0.3, 0.4) is 0 Å². The summed E-state index contributed by atoms with van der Waals surface area (Å²) in [5, 5.41) is 2.53. The summed E-state index contributed by atoms with van der Waals surface area (Å²) in [5.74, 6) is 0. The summed E-state index contributed by atoms with van der Waals surface area (Å²) >= 11 is 0. The Balaban J connectivity index is 0.000000148. The molecule has 1 fully saturated rings. The first-order valence-corrected chi connectivity index (χ1v) is 4.44. The maximum absolute atomic E-state index is 7.45. The molecule has 0 bridgehead atoms. The topological polar surface area (TPSA) is 97.0 Å². The van der Waals surface area contributed by atoms with Crippen molar-refractivity contribution in [2.24, 2.45) is 5.50 Å². The average Bonchev–Trinajstić information content (AvgIpc) is 2.11. The summed E-state index contributed by atoms with van der Waals surface area (Å²) in [5.41, 5.74) is 4.29. The van der Waals surface area contributed by atoms with Crippen LogP contribution in [0.1, 0.15) is 0 Å². The zero-order valence-corrected chi connectivity index (χ0v) is 6.34. The average molecular weight is 174 g/mol. The van der Waals surface area contributed by atoms with E-state index in [2.05, 4.69) is 20.6 Å². The Kier molecular flexibility index (Phi) is 7.20. The van der Waals surface area contributed by atoms with E-state index in [1.807, 2.05) is 0 Å². The number of nitrogens with one attached hydrogen (secondary N) is 1. The third kappa shape index (κ3) is 12.0. The summed E-state index contributed by atoms with van der Waals surface area (Å²) in [4.78, 5) is 23.5. The number of nitrogens with two attached hydrogens (primary N) is 1. The van der Waals surface area contributed by atoms with E-state index in [0.717, 1.165) is 0 Å². The number of hydrogen-bond acceptors (Lipinski definition) is 6. The lowest BCUT2D eigenvalue weighted by atomic mass is 11.7. The molecule has 1 heterocycles. The van der Waals surface area contributed by atoms with Crippen LogP contribution in [0.2, 0.25) is 0 Å². The Morgan fingerprint density at radius 3 is 2.33 bits per heavy atom. The maximum Gasteiger partial charge on any atom is 0.247 e. The Morgan fingerprint density at radius 2 is 2.22 bits per heavy atom. The Labute approximate surface area is 55.0 Å². The van der Waals surface area contributed by atoms with Gasteiger partial charge in [-0.2, -0.15) is 0 Å². The van der Waals surface area contributed by atoms with Gasteiger partial charge in [0.1, 0.15) is 6.35 Å². The third-order valence-electron chi connectivity index (χ3n) is 0.304. The lowest BCUT2D eigenvalue weighted by molar-refractivity contribution is -0.284. The molecule has 1 aliphatic heterocycles. The van der Waals surface area contributed by atoms with Gasteiger partial charge in [-0.25, -0.2) is 4.89 Å². The molecule has 0 aromatic heterocycles. The molecule has 5 N–H and O–H groups in total. The van der Waals surface area contributed by atoms with E-state index >= 15 is 0 Å². The van der Waals surface area contributed by atoms with Crippen molar-refractivity contribution in [3.05, 3.63) is 0 Å². The van der Waals surface area contributed by atoms with E-state index < -0.39 is 8.53 Å². The molecule has 8 heteroatoms. The fourth-order valence-corrected chi connectivity index (χ4v) is 0.442. The number of rotatable bonds is 0. The molecule has 0 aromatic rings. The molecule has 6 nitrogen and oxygen atoms in total. The van der Waals surface area contributed by atoms with Gasteiger partial charge in [0.05, 0.1) is 0 Å². The molecule has 0 amide bonds. The van der Waals surface area contributed by atoms with Crippen LogP contribution in [0.4, 0.5) is 0 Å². The molecule has 1 rings (SSSR count). The lowest BCUT2D eigenvalue weighted by Crippen LogP contribution is -1.88. The molecule has 0 aromatic carbocycles. The summed E-state index contributed by atoms with van der Waals surface area (Å²) in [6.07, 6.45) is 0.694. The van der Waals surface area contributed by atoms with Gasteiger partial charge in [-0.3, -0.25) is 5.50 Å². The maximum atomic E-state index is 7.45. The Bertz CT molecular complexity index is 48.2. The first kappa shape index (κ1) is 9.62. The SMILES string of the molecule is C1OONP1.NP(O)O. The first-order chi connectivity index (χ1) is 4.23. The van der Waals surface area contributed by atoms with E-state index in [0.29, 0.717) is 15.1 Å². The smallest absolute Gasteiger partial charge is 0.247 e. The van der Waals surface area contributed by atoms with Gasteiger partial charge in [-0.15, -0.1) is 10.2 Å². The molecule has 1 saturated heterocycles. The predicted molar refractivity (Wildman–Crippen MR) is 34.0 cm³/mol. The molecule has 0 saturated carbocycles. The third-order valence-corrected chi connectivity index (χ3v) is 0.794. The molecule has 0 radical (unpaired) electrons. The van der Waals surface area contributed by atoms with Crippen LogP contribution in [-0.4, -0.2) is 16.1 Å². The minimum Gasteiger partial charge on any atom is -0.338 e. The molecule has 9 heavy (non-hydrogen) atoms. The van der Waals surface area contributed by atoms with Gasteiger partial charge in [-0.1, -0.05) is 0 Å². The van der Waals surface area contributed by atoms with Crippen LogP contribution in [0.25, 0.3) is 0 Å². The van der Waals surface area contributed by atoms with Crippen LogP contribution >= 0.6 is 17.3 Å².